The highest BCUT2D eigenvalue weighted by Gasteiger charge is 2.32. The summed E-state index contributed by atoms with van der Waals surface area (Å²) in [5.41, 5.74) is 1.99. The van der Waals surface area contributed by atoms with Crippen LogP contribution in [0.4, 0.5) is 5.69 Å². The number of halogens is 2. The van der Waals surface area contributed by atoms with Gasteiger partial charge in [0.05, 0.1) is 10.6 Å². The summed E-state index contributed by atoms with van der Waals surface area (Å²) in [6.45, 7) is 5.55. The second-order valence-electron chi connectivity index (χ2n) is 8.92. The minimum atomic E-state index is -4.13. The molecule has 202 valence electrons. The number of carbonyl (C=O) groups excluding carboxylic acids is 2. The highest BCUT2D eigenvalue weighted by Crippen LogP contribution is 2.26. The van der Waals surface area contributed by atoms with Gasteiger partial charge >= 0.3 is 0 Å². The van der Waals surface area contributed by atoms with E-state index < -0.39 is 28.5 Å². The molecule has 0 aliphatic carbocycles. The zero-order valence-corrected chi connectivity index (χ0v) is 24.7. The van der Waals surface area contributed by atoms with Crippen molar-refractivity contribution in [2.75, 3.05) is 17.4 Å². The van der Waals surface area contributed by atoms with E-state index in [1.165, 1.54) is 29.2 Å². The molecule has 0 saturated carbocycles. The van der Waals surface area contributed by atoms with Crippen molar-refractivity contribution in [1.82, 2.24) is 10.2 Å². The number of aryl methyl sites for hydroxylation is 1. The first kappa shape index (κ1) is 29.7. The van der Waals surface area contributed by atoms with E-state index in [0.717, 1.165) is 26.3 Å². The van der Waals surface area contributed by atoms with Gasteiger partial charge in [-0.1, -0.05) is 58.7 Å². The summed E-state index contributed by atoms with van der Waals surface area (Å²) >= 11 is 9.39. The topological polar surface area (TPSA) is 86.8 Å². The summed E-state index contributed by atoms with van der Waals surface area (Å²) in [6.07, 6.45) is 0.750. The van der Waals surface area contributed by atoms with Crippen LogP contribution in [0.1, 0.15) is 31.4 Å². The standard InChI is InChI=1S/C28H31BrClN3O4S/c1-4-16-31-28(35)21(3)32(18-22-8-10-23(29)11-9-22)27(34)19-33(25-7-5-6-20(2)17-25)38(36,37)26-14-12-24(30)13-15-26/h5-15,17,21H,4,16,18-19H2,1-3H3,(H,31,35). The molecule has 7 nitrogen and oxygen atoms in total. The van der Waals surface area contributed by atoms with Crippen LogP contribution >= 0.6 is 27.5 Å². The zero-order chi connectivity index (χ0) is 27.9. The Bertz CT molecular complexity index is 1370. The highest BCUT2D eigenvalue weighted by molar-refractivity contribution is 9.10. The van der Waals surface area contributed by atoms with E-state index in [0.29, 0.717) is 17.3 Å². The van der Waals surface area contributed by atoms with Crippen molar-refractivity contribution < 1.29 is 18.0 Å². The normalized spacial score (nSPS) is 12.0. The Labute approximate surface area is 238 Å². The van der Waals surface area contributed by atoms with Crippen LogP contribution < -0.4 is 9.62 Å². The van der Waals surface area contributed by atoms with Gasteiger partial charge in [0.1, 0.15) is 12.6 Å². The Kier molecular flexibility index (Phi) is 10.4. The minimum Gasteiger partial charge on any atom is -0.354 e. The molecule has 1 N–H and O–H groups in total. The molecule has 0 bridgehead atoms. The summed E-state index contributed by atoms with van der Waals surface area (Å²) < 4.78 is 29.5. The van der Waals surface area contributed by atoms with Gasteiger partial charge in [-0.05, 0) is 79.9 Å². The molecule has 3 aromatic carbocycles. The van der Waals surface area contributed by atoms with Gasteiger partial charge in [-0.2, -0.15) is 0 Å². The lowest BCUT2D eigenvalue weighted by atomic mass is 10.1. The van der Waals surface area contributed by atoms with Gasteiger partial charge in [0.15, 0.2) is 0 Å². The van der Waals surface area contributed by atoms with Gasteiger partial charge in [0.2, 0.25) is 11.8 Å². The Hall–Kier alpha value is -2.88. The molecular weight excluding hydrogens is 590 g/mol. The molecule has 0 heterocycles. The zero-order valence-electron chi connectivity index (χ0n) is 21.5. The molecule has 38 heavy (non-hydrogen) atoms. The third-order valence-corrected chi connectivity index (χ3v) is 8.52. The van der Waals surface area contributed by atoms with Gasteiger partial charge in [-0.25, -0.2) is 8.42 Å². The fourth-order valence-corrected chi connectivity index (χ4v) is 5.61. The molecule has 0 spiro atoms. The number of nitrogens with zero attached hydrogens (tertiary/aromatic N) is 2. The monoisotopic (exact) mass is 619 g/mol. The molecule has 3 rings (SSSR count). The van der Waals surface area contributed by atoms with Gasteiger partial charge in [0, 0.05) is 22.6 Å². The number of hydrogen-bond acceptors (Lipinski definition) is 4. The van der Waals surface area contributed by atoms with Crippen LogP contribution in [0.25, 0.3) is 0 Å². The molecule has 0 aliphatic heterocycles. The maximum absolute atomic E-state index is 13.8. The molecule has 0 aliphatic rings. The molecule has 2 amide bonds. The molecule has 3 aromatic rings. The first-order valence-electron chi connectivity index (χ1n) is 12.2. The number of rotatable bonds is 11. The van der Waals surface area contributed by atoms with E-state index in [1.54, 1.807) is 25.1 Å². The Morgan fingerprint density at radius 3 is 2.29 bits per heavy atom. The molecule has 10 heteroatoms. The molecular formula is C28H31BrClN3O4S. The number of benzene rings is 3. The van der Waals surface area contributed by atoms with E-state index in [9.17, 15) is 18.0 Å². The first-order valence-corrected chi connectivity index (χ1v) is 14.8. The van der Waals surface area contributed by atoms with Crippen molar-refractivity contribution in [1.29, 1.82) is 0 Å². The lowest BCUT2D eigenvalue weighted by Gasteiger charge is -2.32. The van der Waals surface area contributed by atoms with Crippen LogP contribution in [0.5, 0.6) is 0 Å². The lowest BCUT2D eigenvalue weighted by molar-refractivity contribution is -0.139. The second kappa shape index (κ2) is 13.3. The Morgan fingerprint density at radius 1 is 1.03 bits per heavy atom. The minimum absolute atomic E-state index is 0.00408. The lowest BCUT2D eigenvalue weighted by Crippen LogP contribution is -2.51. The van der Waals surface area contributed by atoms with Crippen LogP contribution in [0.3, 0.4) is 0 Å². The quantitative estimate of drug-likeness (QED) is 0.305. The summed E-state index contributed by atoms with van der Waals surface area (Å²) in [5.74, 6) is -0.814. The van der Waals surface area contributed by atoms with E-state index >= 15 is 0 Å². The number of carbonyl (C=O) groups is 2. The average molecular weight is 621 g/mol. The average Bonchev–Trinajstić information content (AvgIpc) is 2.89. The van der Waals surface area contributed by atoms with Crippen molar-refractivity contribution in [2.45, 2.75) is 44.7 Å². The first-order chi connectivity index (χ1) is 18.0. The molecule has 1 unspecified atom stereocenters. The van der Waals surface area contributed by atoms with Crippen molar-refractivity contribution in [2.24, 2.45) is 0 Å². The van der Waals surface area contributed by atoms with E-state index in [4.69, 9.17) is 11.6 Å². The fourth-order valence-electron chi connectivity index (χ4n) is 3.81. The number of hydrogen-bond donors (Lipinski definition) is 1. The van der Waals surface area contributed by atoms with Gasteiger partial charge in [0.25, 0.3) is 10.0 Å². The molecule has 0 saturated heterocycles. The smallest absolute Gasteiger partial charge is 0.264 e. The van der Waals surface area contributed by atoms with Crippen molar-refractivity contribution >= 4 is 55.1 Å². The van der Waals surface area contributed by atoms with Gasteiger partial charge < -0.3 is 10.2 Å². The van der Waals surface area contributed by atoms with Gasteiger partial charge in [-0.3, -0.25) is 13.9 Å². The van der Waals surface area contributed by atoms with Crippen LogP contribution in [0.2, 0.25) is 5.02 Å². The Morgan fingerprint density at radius 2 is 1.68 bits per heavy atom. The van der Waals surface area contributed by atoms with Crippen molar-refractivity contribution in [3.05, 3.63) is 93.4 Å². The number of anilines is 1. The van der Waals surface area contributed by atoms with Crippen LogP contribution in [-0.2, 0) is 26.2 Å². The summed E-state index contributed by atoms with van der Waals surface area (Å²) in [5, 5.41) is 3.23. The van der Waals surface area contributed by atoms with Crippen molar-refractivity contribution in [3.8, 4) is 0 Å². The van der Waals surface area contributed by atoms with E-state index in [2.05, 4.69) is 21.2 Å². The van der Waals surface area contributed by atoms with E-state index in [1.807, 2.05) is 44.2 Å². The third-order valence-electron chi connectivity index (χ3n) is 5.95. The number of sulfonamides is 1. The second-order valence-corrected chi connectivity index (χ2v) is 12.1. The molecule has 0 fully saturated rings. The Balaban J connectivity index is 2.01. The summed E-state index contributed by atoms with van der Waals surface area (Å²) in [6, 6.07) is 19.3. The predicted molar refractivity (Wildman–Crippen MR) is 155 cm³/mol. The maximum atomic E-state index is 13.8. The molecule has 1 atom stereocenters. The molecule has 0 radical (unpaired) electrons. The van der Waals surface area contributed by atoms with Crippen LogP contribution in [0, 0.1) is 6.92 Å². The largest absolute Gasteiger partial charge is 0.354 e. The highest BCUT2D eigenvalue weighted by atomic mass is 79.9. The maximum Gasteiger partial charge on any atom is 0.264 e. The predicted octanol–water partition coefficient (Wildman–Crippen LogP) is 5.55. The van der Waals surface area contributed by atoms with Crippen LogP contribution in [-0.4, -0.2) is 44.3 Å². The van der Waals surface area contributed by atoms with Crippen molar-refractivity contribution in [3.63, 3.8) is 0 Å². The molecule has 0 aromatic heterocycles. The van der Waals surface area contributed by atoms with E-state index in [-0.39, 0.29) is 17.3 Å². The van der Waals surface area contributed by atoms with Gasteiger partial charge in [-0.15, -0.1) is 0 Å². The SMILES string of the molecule is CCCNC(=O)C(C)N(Cc1ccc(Br)cc1)C(=O)CN(c1cccc(C)c1)S(=O)(=O)c1ccc(Cl)cc1. The fraction of sp³-hybridized carbons (Fsp3) is 0.286. The number of amides is 2. The van der Waals surface area contributed by atoms with Crippen LogP contribution in [0.15, 0.2) is 82.2 Å². The summed E-state index contributed by atoms with van der Waals surface area (Å²) in [4.78, 5) is 28.1. The number of nitrogens with one attached hydrogen (secondary N) is 1. The third kappa shape index (κ3) is 7.58. The summed E-state index contributed by atoms with van der Waals surface area (Å²) in [7, 11) is -4.13.